The quantitative estimate of drug-likeness (QED) is 0.598. The van der Waals surface area contributed by atoms with Crippen molar-refractivity contribution >= 4 is 21.6 Å². The van der Waals surface area contributed by atoms with Crippen LogP contribution in [0.25, 0.3) is 0 Å². The molecule has 0 N–H and O–H groups in total. The van der Waals surface area contributed by atoms with Crippen molar-refractivity contribution in [3.63, 3.8) is 0 Å². The summed E-state index contributed by atoms with van der Waals surface area (Å²) in [6, 6.07) is 7.10. The zero-order valence-electron chi connectivity index (χ0n) is 10.1. The number of rotatable bonds is 6. The van der Waals surface area contributed by atoms with Crippen LogP contribution in [0, 0.1) is 21.4 Å². The fourth-order valence-corrected chi connectivity index (χ4v) is 2.16. The molecule has 0 fully saturated rings. The van der Waals surface area contributed by atoms with Crippen molar-refractivity contribution in [2.75, 3.05) is 13.1 Å². The van der Waals surface area contributed by atoms with E-state index in [-0.39, 0.29) is 5.69 Å². The second kappa shape index (κ2) is 7.09. The molecule has 0 aliphatic heterocycles. The molecule has 0 atom stereocenters. The van der Waals surface area contributed by atoms with Gasteiger partial charge in [-0.15, -0.1) is 0 Å². The van der Waals surface area contributed by atoms with Crippen molar-refractivity contribution in [2.45, 2.75) is 19.9 Å². The van der Waals surface area contributed by atoms with E-state index < -0.39 is 4.92 Å². The maximum atomic E-state index is 10.8. The summed E-state index contributed by atoms with van der Waals surface area (Å²) in [5, 5.41) is 19.4. The topological polar surface area (TPSA) is 70.2 Å². The van der Waals surface area contributed by atoms with Crippen LogP contribution in [-0.2, 0) is 6.54 Å². The molecule has 0 saturated heterocycles. The first-order chi connectivity index (χ1) is 8.60. The van der Waals surface area contributed by atoms with Crippen molar-refractivity contribution in [1.29, 1.82) is 5.26 Å². The molecule has 0 unspecified atom stereocenters. The minimum Gasteiger partial charge on any atom is -0.298 e. The number of nitro benzene ring substituents is 1. The van der Waals surface area contributed by atoms with Gasteiger partial charge < -0.3 is 0 Å². The zero-order chi connectivity index (χ0) is 13.5. The summed E-state index contributed by atoms with van der Waals surface area (Å²) in [4.78, 5) is 12.5. The predicted octanol–water partition coefficient (Wildman–Crippen LogP) is 3.09. The first-order valence-corrected chi connectivity index (χ1v) is 6.40. The summed E-state index contributed by atoms with van der Waals surface area (Å²) in [7, 11) is 0. The zero-order valence-corrected chi connectivity index (χ0v) is 11.7. The molecule has 0 aliphatic carbocycles. The average molecular weight is 312 g/mol. The van der Waals surface area contributed by atoms with E-state index in [4.69, 9.17) is 5.26 Å². The average Bonchev–Trinajstić information content (AvgIpc) is 2.36. The van der Waals surface area contributed by atoms with Crippen LogP contribution in [-0.4, -0.2) is 22.9 Å². The van der Waals surface area contributed by atoms with Crippen LogP contribution < -0.4 is 0 Å². The molecule has 0 aromatic heterocycles. The lowest BCUT2D eigenvalue weighted by Gasteiger charge is -2.19. The Morgan fingerprint density at radius 3 is 2.83 bits per heavy atom. The van der Waals surface area contributed by atoms with Gasteiger partial charge in [0.25, 0.3) is 5.69 Å². The summed E-state index contributed by atoms with van der Waals surface area (Å²) in [5.74, 6) is 0. The SMILES string of the molecule is CCN(CCC#N)Cc1cccc([N+](=O)[O-])c1Br. The minimum absolute atomic E-state index is 0.0730. The first kappa shape index (κ1) is 14.6. The van der Waals surface area contributed by atoms with Gasteiger partial charge in [0.2, 0.25) is 0 Å². The Morgan fingerprint density at radius 2 is 2.28 bits per heavy atom. The highest BCUT2D eigenvalue weighted by Gasteiger charge is 2.16. The molecule has 0 bridgehead atoms. The van der Waals surface area contributed by atoms with Crippen molar-refractivity contribution in [1.82, 2.24) is 4.90 Å². The number of benzene rings is 1. The largest absolute Gasteiger partial charge is 0.298 e. The van der Waals surface area contributed by atoms with Crippen LogP contribution in [0.1, 0.15) is 18.9 Å². The third-order valence-electron chi connectivity index (χ3n) is 2.64. The molecular formula is C12H14BrN3O2. The molecule has 0 heterocycles. The number of hydrogen-bond acceptors (Lipinski definition) is 4. The van der Waals surface area contributed by atoms with Gasteiger partial charge in [0.15, 0.2) is 0 Å². The lowest BCUT2D eigenvalue weighted by molar-refractivity contribution is -0.385. The Balaban J connectivity index is 2.87. The second-order valence-electron chi connectivity index (χ2n) is 3.78. The molecule has 5 nitrogen and oxygen atoms in total. The molecule has 6 heteroatoms. The molecule has 0 radical (unpaired) electrons. The van der Waals surface area contributed by atoms with Crippen molar-refractivity contribution in [2.24, 2.45) is 0 Å². The minimum atomic E-state index is -0.404. The maximum Gasteiger partial charge on any atom is 0.283 e. The summed E-state index contributed by atoms with van der Waals surface area (Å²) in [6.07, 6.45) is 0.459. The molecular weight excluding hydrogens is 298 g/mol. The van der Waals surface area contributed by atoms with Crippen LogP contribution in [0.4, 0.5) is 5.69 Å². The Bertz CT molecular complexity index is 471. The summed E-state index contributed by atoms with van der Waals surface area (Å²) >= 11 is 3.27. The highest BCUT2D eigenvalue weighted by Crippen LogP contribution is 2.29. The molecule has 0 amide bonds. The molecule has 96 valence electrons. The van der Waals surface area contributed by atoms with Crippen molar-refractivity contribution < 1.29 is 4.92 Å². The van der Waals surface area contributed by atoms with Gasteiger partial charge in [0.05, 0.1) is 15.5 Å². The Morgan fingerprint density at radius 1 is 1.56 bits per heavy atom. The Hall–Kier alpha value is -1.45. The number of nitrogens with zero attached hydrogens (tertiary/aromatic N) is 3. The maximum absolute atomic E-state index is 10.8. The molecule has 0 saturated carbocycles. The van der Waals surface area contributed by atoms with E-state index >= 15 is 0 Å². The van der Waals surface area contributed by atoms with Gasteiger partial charge in [0, 0.05) is 25.6 Å². The van der Waals surface area contributed by atoms with Crippen molar-refractivity contribution in [3.8, 4) is 6.07 Å². The summed E-state index contributed by atoms with van der Waals surface area (Å²) in [6.45, 7) is 4.07. The number of nitro groups is 1. The lowest BCUT2D eigenvalue weighted by Crippen LogP contribution is -2.24. The first-order valence-electron chi connectivity index (χ1n) is 5.61. The van der Waals surface area contributed by atoms with Crippen molar-refractivity contribution in [3.05, 3.63) is 38.3 Å². The lowest BCUT2D eigenvalue weighted by atomic mass is 10.2. The number of halogens is 1. The highest BCUT2D eigenvalue weighted by molar-refractivity contribution is 9.10. The predicted molar refractivity (Wildman–Crippen MR) is 72.0 cm³/mol. The molecule has 0 aliphatic rings. The van der Waals surface area contributed by atoms with Gasteiger partial charge in [0.1, 0.15) is 0 Å². The summed E-state index contributed by atoms with van der Waals surface area (Å²) in [5.41, 5.74) is 0.938. The Kier molecular flexibility index (Phi) is 5.75. The van der Waals surface area contributed by atoms with E-state index in [0.717, 1.165) is 12.1 Å². The van der Waals surface area contributed by atoms with Gasteiger partial charge in [-0.1, -0.05) is 19.1 Å². The molecule has 1 aromatic rings. The van der Waals surface area contributed by atoms with Crippen LogP contribution in [0.3, 0.4) is 0 Å². The van der Waals surface area contributed by atoms with E-state index in [9.17, 15) is 10.1 Å². The fourth-order valence-electron chi connectivity index (χ4n) is 1.63. The van der Waals surface area contributed by atoms with E-state index in [2.05, 4.69) is 26.9 Å². The second-order valence-corrected chi connectivity index (χ2v) is 4.58. The van der Waals surface area contributed by atoms with E-state index in [1.807, 2.05) is 13.0 Å². The van der Waals surface area contributed by atoms with E-state index in [0.29, 0.717) is 24.0 Å². The molecule has 18 heavy (non-hydrogen) atoms. The fraction of sp³-hybridized carbons (Fsp3) is 0.417. The van der Waals surface area contributed by atoms with Gasteiger partial charge >= 0.3 is 0 Å². The highest BCUT2D eigenvalue weighted by atomic mass is 79.9. The van der Waals surface area contributed by atoms with Gasteiger partial charge in [-0.25, -0.2) is 0 Å². The van der Waals surface area contributed by atoms with E-state index in [1.165, 1.54) is 6.07 Å². The summed E-state index contributed by atoms with van der Waals surface area (Å²) < 4.78 is 0.519. The Labute approximate surface area is 114 Å². The number of hydrogen-bond donors (Lipinski definition) is 0. The normalized spacial score (nSPS) is 10.3. The van der Waals surface area contributed by atoms with Crippen LogP contribution in [0.15, 0.2) is 22.7 Å². The molecule has 0 spiro atoms. The van der Waals surface area contributed by atoms with Gasteiger partial charge in [-0.2, -0.15) is 5.26 Å². The van der Waals surface area contributed by atoms with Crippen LogP contribution >= 0.6 is 15.9 Å². The standard InChI is InChI=1S/C12H14BrN3O2/c1-2-15(8-4-7-14)9-10-5-3-6-11(12(10)13)16(17)18/h3,5-6H,2,4,8-9H2,1H3. The molecule has 1 aromatic carbocycles. The van der Waals surface area contributed by atoms with Gasteiger partial charge in [-0.3, -0.25) is 15.0 Å². The third-order valence-corrected chi connectivity index (χ3v) is 3.55. The van der Waals surface area contributed by atoms with E-state index in [1.54, 1.807) is 6.07 Å². The monoisotopic (exact) mass is 311 g/mol. The molecule has 1 rings (SSSR count). The van der Waals surface area contributed by atoms with Crippen LogP contribution in [0.2, 0.25) is 0 Å². The smallest absolute Gasteiger partial charge is 0.283 e. The van der Waals surface area contributed by atoms with Gasteiger partial charge in [-0.05, 0) is 28.0 Å². The third kappa shape index (κ3) is 3.79. The number of nitriles is 1. The van der Waals surface area contributed by atoms with Crippen LogP contribution in [0.5, 0.6) is 0 Å².